The second-order valence-corrected chi connectivity index (χ2v) is 17.5. The van der Waals surface area contributed by atoms with E-state index in [1.807, 2.05) is 72.8 Å². The normalized spacial score (nSPS) is 16.5. The van der Waals surface area contributed by atoms with Gasteiger partial charge in [-0.05, 0) is 201 Å². The Morgan fingerprint density at radius 2 is 0.439 bits per heavy atom. The number of hydrogen-bond donors (Lipinski definition) is 0. The molecule has 0 aliphatic heterocycles. The minimum atomic E-state index is 0.926. The van der Waals surface area contributed by atoms with Crippen molar-refractivity contribution in [3.63, 3.8) is 0 Å². The van der Waals surface area contributed by atoms with Crippen LogP contribution in [0.5, 0.6) is 0 Å². The Balaban J connectivity index is 1.13. The maximum atomic E-state index is 5.32. The molecule has 0 saturated carbocycles. The minimum Gasteiger partial charge on any atom is -0.248 e. The highest BCUT2D eigenvalue weighted by molar-refractivity contribution is 6.35. The molecule has 312 valence electrons. The first-order valence-electron chi connectivity index (χ1n) is 22.6. The van der Waals surface area contributed by atoms with Crippen LogP contribution in [0.15, 0.2) is 236 Å². The van der Waals surface area contributed by atoms with Crippen LogP contribution in [0.4, 0.5) is 22.7 Å². The molecule has 4 nitrogen and oxygen atoms in total. The fourth-order valence-electron chi connectivity index (χ4n) is 9.95. The van der Waals surface area contributed by atoms with Gasteiger partial charge in [-0.25, -0.2) is 20.0 Å². The summed E-state index contributed by atoms with van der Waals surface area (Å²) in [7, 11) is 0. The van der Waals surface area contributed by atoms with Crippen molar-refractivity contribution >= 4 is 99.5 Å². The Labute approximate surface area is 384 Å². The molecule has 4 heteroatoms. The molecule has 0 unspecified atom stereocenters. The molecule has 0 fully saturated rings. The first-order valence-corrected chi connectivity index (χ1v) is 22.6. The molecule has 0 radical (unpaired) electrons. The molecule has 2 aliphatic carbocycles. The van der Waals surface area contributed by atoms with Crippen LogP contribution in [0, 0.1) is 0 Å². The Morgan fingerprint density at radius 3 is 0.682 bits per heavy atom. The summed E-state index contributed by atoms with van der Waals surface area (Å²) in [6.07, 6.45) is 0. The predicted molar refractivity (Wildman–Crippen MR) is 281 cm³/mol. The van der Waals surface area contributed by atoms with Gasteiger partial charge >= 0.3 is 0 Å². The third-order valence-corrected chi connectivity index (χ3v) is 13.6. The van der Waals surface area contributed by atoms with Gasteiger partial charge < -0.3 is 0 Å². The summed E-state index contributed by atoms with van der Waals surface area (Å²) in [5.41, 5.74) is 16.5. The summed E-state index contributed by atoms with van der Waals surface area (Å²) in [5, 5.41) is 12.0. The molecule has 0 amide bonds. The van der Waals surface area contributed by atoms with E-state index in [9.17, 15) is 0 Å². The molecule has 12 rings (SSSR count). The van der Waals surface area contributed by atoms with E-state index in [2.05, 4.69) is 149 Å². The van der Waals surface area contributed by atoms with Crippen LogP contribution < -0.4 is 0 Å². The highest BCUT2D eigenvalue weighted by Crippen LogP contribution is 2.43. The largest absolute Gasteiger partial charge is 0.248 e. The van der Waals surface area contributed by atoms with Crippen LogP contribution in [0.3, 0.4) is 0 Å². The third-order valence-electron chi connectivity index (χ3n) is 13.6. The van der Waals surface area contributed by atoms with Crippen LogP contribution in [0.1, 0.15) is 49.9 Å². The highest BCUT2D eigenvalue weighted by Gasteiger charge is 2.28. The molecule has 0 atom stereocenters. The summed E-state index contributed by atoms with van der Waals surface area (Å²) in [6.45, 7) is 8.72. The van der Waals surface area contributed by atoms with E-state index < -0.39 is 0 Å². The first-order chi connectivity index (χ1) is 32.4. The monoisotopic (exact) mass is 844 g/mol. The van der Waals surface area contributed by atoms with Crippen LogP contribution >= 0.6 is 0 Å². The fourth-order valence-corrected chi connectivity index (χ4v) is 9.95. The van der Waals surface area contributed by atoms with Gasteiger partial charge in [-0.2, -0.15) is 0 Å². The molecule has 2 aliphatic rings. The van der Waals surface area contributed by atoms with Crippen molar-refractivity contribution in [2.45, 2.75) is 27.7 Å². The Kier molecular flexibility index (Phi) is 9.35. The Bertz CT molecular complexity index is 3600. The van der Waals surface area contributed by atoms with Gasteiger partial charge in [-0.3, -0.25) is 0 Å². The van der Waals surface area contributed by atoms with E-state index in [1.165, 1.54) is 32.3 Å². The van der Waals surface area contributed by atoms with Gasteiger partial charge in [0.15, 0.2) is 0 Å². The zero-order valence-corrected chi connectivity index (χ0v) is 37.3. The molecular formula is C62H44N4. The van der Waals surface area contributed by atoms with Crippen molar-refractivity contribution in [2.75, 3.05) is 0 Å². The van der Waals surface area contributed by atoms with Crippen molar-refractivity contribution < 1.29 is 0 Å². The summed E-state index contributed by atoms with van der Waals surface area (Å²) in [6, 6.07) is 68.9. The zero-order chi connectivity index (χ0) is 44.5. The summed E-state index contributed by atoms with van der Waals surface area (Å²) in [5.74, 6) is 0. The fraction of sp³-hybridized carbons (Fsp3) is 0.0645. The molecule has 0 heterocycles. The van der Waals surface area contributed by atoms with Gasteiger partial charge in [-0.15, -0.1) is 0 Å². The van der Waals surface area contributed by atoms with Gasteiger partial charge in [0.1, 0.15) is 0 Å². The average molecular weight is 845 g/mol. The van der Waals surface area contributed by atoms with Gasteiger partial charge in [0, 0.05) is 22.3 Å². The topological polar surface area (TPSA) is 49.4 Å². The lowest BCUT2D eigenvalue weighted by atomic mass is 9.81. The molecular weight excluding hydrogens is 801 g/mol. The molecule has 10 aromatic rings. The minimum absolute atomic E-state index is 0.926. The Hall–Kier alpha value is -8.34. The van der Waals surface area contributed by atoms with Gasteiger partial charge in [0.05, 0.1) is 45.6 Å². The van der Waals surface area contributed by atoms with Crippen LogP contribution in [-0.4, -0.2) is 22.8 Å². The maximum absolute atomic E-state index is 5.32. The second-order valence-electron chi connectivity index (χ2n) is 17.5. The summed E-state index contributed by atoms with van der Waals surface area (Å²) in [4.78, 5) is 21.2. The summed E-state index contributed by atoms with van der Waals surface area (Å²) >= 11 is 0. The highest BCUT2D eigenvalue weighted by atomic mass is 14.8. The van der Waals surface area contributed by atoms with Gasteiger partial charge in [-0.1, -0.05) is 97.1 Å². The molecule has 0 spiro atoms. The lowest BCUT2D eigenvalue weighted by Crippen LogP contribution is -2.21. The van der Waals surface area contributed by atoms with Crippen LogP contribution in [0.2, 0.25) is 0 Å². The first kappa shape index (κ1) is 39.3. The SMILES string of the molecule is CC1=C(C)C(=Nc2ccccc2)c2cc3cc4c(cc3cc2C1=Nc1ccccc1)c1ccccc1c1cc2cc3c(cc2cc14)C(=Nc1ccccc1)C(C)=C(C)C3=Nc1ccccc1. The smallest absolute Gasteiger partial charge is 0.0748 e. The molecule has 0 saturated heterocycles. The van der Waals surface area contributed by atoms with E-state index in [1.54, 1.807) is 0 Å². The molecule has 66 heavy (non-hydrogen) atoms. The number of para-hydroxylation sites is 4. The van der Waals surface area contributed by atoms with Crippen LogP contribution in [0.25, 0.3) is 53.9 Å². The van der Waals surface area contributed by atoms with Crippen molar-refractivity contribution in [2.24, 2.45) is 20.0 Å². The van der Waals surface area contributed by atoms with E-state index in [0.717, 1.165) is 112 Å². The standard InChI is InChI=1S/C62H44N4/c1-37-39(3)61(65-47-23-13-7-14-24-47)57-35-43-31-53-51(29-41(43)33-55(57)59(37)63-45-19-9-5-10-20-45)49-27-17-18-28-50(49)52-30-42-34-56-58(36-44(42)32-54(52)53)62(66-48-25-15-8-16-26-48)40(4)38(2)60(56)64-46-21-11-6-12-22-46/h5-36H,1-4H3. The van der Waals surface area contributed by atoms with E-state index in [0.29, 0.717) is 0 Å². The Morgan fingerprint density at radius 1 is 0.227 bits per heavy atom. The number of rotatable bonds is 4. The third kappa shape index (κ3) is 6.61. The summed E-state index contributed by atoms with van der Waals surface area (Å²) < 4.78 is 0. The molecule has 0 N–H and O–H groups in total. The number of allylic oxidation sites excluding steroid dienone is 4. The number of nitrogens with zero attached hydrogens (tertiary/aromatic N) is 4. The van der Waals surface area contributed by atoms with Crippen molar-refractivity contribution in [3.8, 4) is 0 Å². The number of hydrogen-bond acceptors (Lipinski definition) is 4. The second kappa shape index (κ2) is 15.7. The average Bonchev–Trinajstić information content (AvgIpc) is 3.36. The molecule has 10 aromatic carbocycles. The lowest BCUT2D eigenvalue weighted by molar-refractivity contribution is 1.35. The van der Waals surface area contributed by atoms with Crippen molar-refractivity contribution in [3.05, 3.63) is 239 Å². The van der Waals surface area contributed by atoms with Crippen LogP contribution in [-0.2, 0) is 0 Å². The van der Waals surface area contributed by atoms with Crippen molar-refractivity contribution in [1.82, 2.24) is 0 Å². The van der Waals surface area contributed by atoms with E-state index in [4.69, 9.17) is 20.0 Å². The molecule has 0 aromatic heterocycles. The van der Waals surface area contributed by atoms with Gasteiger partial charge in [0.2, 0.25) is 0 Å². The number of fused-ring (bicyclic) bond motifs is 10. The maximum Gasteiger partial charge on any atom is 0.0748 e. The van der Waals surface area contributed by atoms with Crippen molar-refractivity contribution in [1.29, 1.82) is 0 Å². The molecule has 0 bridgehead atoms. The quantitative estimate of drug-likeness (QED) is 0.125. The van der Waals surface area contributed by atoms with E-state index in [-0.39, 0.29) is 0 Å². The number of benzene rings is 10. The predicted octanol–water partition coefficient (Wildman–Crippen LogP) is 16.6. The van der Waals surface area contributed by atoms with Gasteiger partial charge in [0.25, 0.3) is 0 Å². The van der Waals surface area contributed by atoms with E-state index >= 15 is 0 Å². The number of aliphatic imine (C=N–C) groups is 4. The lowest BCUT2D eigenvalue weighted by Gasteiger charge is -2.25. The zero-order valence-electron chi connectivity index (χ0n) is 37.3.